The highest BCUT2D eigenvalue weighted by atomic mass is 79.9. The molecule has 0 heterocycles. The molecule has 6 heteroatoms. The normalized spacial score (nSPS) is 11.0. The quantitative estimate of drug-likeness (QED) is 0.628. The second-order valence-corrected chi connectivity index (χ2v) is 7.08. The van der Waals surface area contributed by atoms with E-state index in [1.165, 1.54) is 6.92 Å². The summed E-state index contributed by atoms with van der Waals surface area (Å²) in [4.78, 5) is 15.5. The molecule has 0 fully saturated rings. The Kier molecular flexibility index (Phi) is 7.21. The van der Waals surface area contributed by atoms with Crippen molar-refractivity contribution in [1.82, 2.24) is 0 Å². The minimum atomic E-state index is -0.0991. The van der Waals surface area contributed by atoms with Crippen LogP contribution in [0.15, 0.2) is 45.9 Å². The van der Waals surface area contributed by atoms with Gasteiger partial charge < -0.3 is 14.8 Å². The fourth-order valence-electron chi connectivity index (χ4n) is 2.19. The van der Waals surface area contributed by atoms with E-state index in [-0.39, 0.29) is 5.91 Å². The second-order valence-electron chi connectivity index (χ2n) is 6.23. The van der Waals surface area contributed by atoms with Crippen molar-refractivity contribution in [2.75, 3.05) is 19.0 Å². The standard InChI is InChI=1S/C20H23BrN2O3/c1-13(2)12-26-20-18(21)9-15(10-19(20)25-4)11-22-16-5-7-17(8-6-16)23-14(3)24/h5-11,13H,12H2,1-4H3,(H,23,24). The van der Waals surface area contributed by atoms with Gasteiger partial charge in [0.2, 0.25) is 5.91 Å². The van der Waals surface area contributed by atoms with Crippen LogP contribution in [0.4, 0.5) is 11.4 Å². The van der Waals surface area contributed by atoms with Gasteiger partial charge in [-0.25, -0.2) is 0 Å². The predicted molar refractivity (Wildman–Crippen MR) is 109 cm³/mol. The molecule has 5 nitrogen and oxygen atoms in total. The molecule has 0 aliphatic rings. The van der Waals surface area contributed by atoms with E-state index < -0.39 is 0 Å². The van der Waals surface area contributed by atoms with Crippen molar-refractivity contribution in [3.63, 3.8) is 0 Å². The maximum atomic E-state index is 11.0. The number of methoxy groups -OCH3 is 1. The number of aliphatic imine (C=N–C) groups is 1. The molecule has 1 N–H and O–H groups in total. The third-order valence-corrected chi connectivity index (χ3v) is 3.95. The summed E-state index contributed by atoms with van der Waals surface area (Å²) in [6, 6.07) is 11.1. The Hall–Kier alpha value is -2.34. The Labute approximate surface area is 162 Å². The average Bonchev–Trinajstić information content (AvgIpc) is 2.59. The highest BCUT2D eigenvalue weighted by Gasteiger charge is 2.11. The molecule has 0 aromatic heterocycles. The van der Waals surface area contributed by atoms with Crippen molar-refractivity contribution >= 4 is 39.4 Å². The first kappa shape index (κ1) is 20.0. The molecule has 0 saturated heterocycles. The van der Waals surface area contributed by atoms with E-state index in [1.54, 1.807) is 13.3 Å². The zero-order valence-corrected chi connectivity index (χ0v) is 17.0. The lowest BCUT2D eigenvalue weighted by atomic mass is 10.2. The molecule has 2 aromatic carbocycles. The highest BCUT2D eigenvalue weighted by molar-refractivity contribution is 9.10. The molecule has 2 rings (SSSR count). The van der Waals surface area contributed by atoms with Crippen LogP contribution in [-0.4, -0.2) is 25.8 Å². The number of nitrogens with zero attached hydrogens (tertiary/aromatic N) is 1. The molecular weight excluding hydrogens is 396 g/mol. The van der Waals surface area contributed by atoms with E-state index in [4.69, 9.17) is 9.47 Å². The van der Waals surface area contributed by atoms with Gasteiger partial charge in [-0.1, -0.05) is 13.8 Å². The average molecular weight is 419 g/mol. The van der Waals surface area contributed by atoms with Crippen molar-refractivity contribution < 1.29 is 14.3 Å². The first-order valence-corrected chi connectivity index (χ1v) is 9.10. The van der Waals surface area contributed by atoms with Crippen LogP contribution >= 0.6 is 15.9 Å². The smallest absolute Gasteiger partial charge is 0.221 e. The van der Waals surface area contributed by atoms with Crippen LogP contribution in [0.25, 0.3) is 0 Å². The maximum absolute atomic E-state index is 11.0. The number of ether oxygens (including phenoxy) is 2. The minimum Gasteiger partial charge on any atom is -0.493 e. The number of amides is 1. The summed E-state index contributed by atoms with van der Waals surface area (Å²) >= 11 is 3.54. The molecule has 0 bridgehead atoms. The summed E-state index contributed by atoms with van der Waals surface area (Å²) in [5.74, 6) is 1.67. The number of benzene rings is 2. The molecule has 1 amide bonds. The van der Waals surface area contributed by atoms with Crippen molar-refractivity contribution in [2.24, 2.45) is 10.9 Å². The minimum absolute atomic E-state index is 0.0991. The molecule has 0 aliphatic heterocycles. The van der Waals surface area contributed by atoms with Gasteiger partial charge >= 0.3 is 0 Å². The predicted octanol–water partition coefficient (Wildman–Crippen LogP) is 5.20. The molecule has 0 spiro atoms. The molecule has 0 atom stereocenters. The van der Waals surface area contributed by atoms with Gasteiger partial charge in [0.15, 0.2) is 11.5 Å². The summed E-state index contributed by atoms with van der Waals surface area (Å²) in [6.45, 7) is 6.28. The number of carbonyl (C=O) groups excluding carboxylic acids is 1. The van der Waals surface area contributed by atoms with Gasteiger partial charge in [0.05, 0.1) is 23.9 Å². The van der Waals surface area contributed by atoms with Crippen LogP contribution in [0.3, 0.4) is 0 Å². The van der Waals surface area contributed by atoms with E-state index in [9.17, 15) is 4.79 Å². The lowest BCUT2D eigenvalue weighted by Gasteiger charge is -2.14. The Morgan fingerprint density at radius 1 is 1.27 bits per heavy atom. The second kappa shape index (κ2) is 9.38. The summed E-state index contributed by atoms with van der Waals surface area (Å²) < 4.78 is 12.1. The van der Waals surface area contributed by atoms with Crippen molar-refractivity contribution in [3.8, 4) is 11.5 Å². The topological polar surface area (TPSA) is 59.9 Å². The van der Waals surface area contributed by atoms with E-state index >= 15 is 0 Å². The Balaban J connectivity index is 2.17. The lowest BCUT2D eigenvalue weighted by molar-refractivity contribution is -0.114. The molecule has 2 aromatic rings. The van der Waals surface area contributed by atoms with Crippen LogP contribution in [-0.2, 0) is 4.79 Å². The summed E-state index contributed by atoms with van der Waals surface area (Å²) in [6.07, 6.45) is 1.76. The van der Waals surface area contributed by atoms with Crippen LogP contribution < -0.4 is 14.8 Å². The van der Waals surface area contributed by atoms with Gasteiger partial charge in [0.25, 0.3) is 0 Å². The van der Waals surface area contributed by atoms with E-state index in [0.29, 0.717) is 24.0 Å². The first-order chi connectivity index (χ1) is 12.4. The van der Waals surface area contributed by atoms with E-state index in [2.05, 4.69) is 40.1 Å². The van der Waals surface area contributed by atoms with Crippen LogP contribution in [0.5, 0.6) is 11.5 Å². The molecule has 0 unspecified atom stereocenters. The summed E-state index contributed by atoms with van der Waals surface area (Å²) in [5.41, 5.74) is 2.42. The largest absolute Gasteiger partial charge is 0.493 e. The number of carbonyl (C=O) groups is 1. The van der Waals surface area contributed by atoms with Gasteiger partial charge in [-0.3, -0.25) is 9.79 Å². The van der Waals surface area contributed by atoms with Gasteiger partial charge in [0.1, 0.15) is 0 Å². The third kappa shape index (κ3) is 5.88. The van der Waals surface area contributed by atoms with Gasteiger partial charge in [-0.05, 0) is 63.8 Å². The zero-order chi connectivity index (χ0) is 19.1. The molecule has 138 valence electrons. The monoisotopic (exact) mass is 418 g/mol. The Morgan fingerprint density at radius 3 is 2.54 bits per heavy atom. The summed E-state index contributed by atoms with van der Waals surface area (Å²) in [5, 5.41) is 2.73. The van der Waals surface area contributed by atoms with Gasteiger partial charge in [0, 0.05) is 18.8 Å². The van der Waals surface area contributed by atoms with Crippen LogP contribution in [0, 0.1) is 5.92 Å². The maximum Gasteiger partial charge on any atom is 0.221 e. The number of halogens is 1. The molecule has 26 heavy (non-hydrogen) atoms. The fourth-order valence-corrected chi connectivity index (χ4v) is 2.76. The van der Waals surface area contributed by atoms with Crippen molar-refractivity contribution in [1.29, 1.82) is 0 Å². The van der Waals surface area contributed by atoms with E-state index in [1.807, 2.05) is 36.4 Å². The lowest BCUT2D eigenvalue weighted by Crippen LogP contribution is -2.06. The van der Waals surface area contributed by atoms with Crippen molar-refractivity contribution in [3.05, 3.63) is 46.4 Å². The third-order valence-electron chi connectivity index (χ3n) is 3.36. The number of hydrogen-bond donors (Lipinski definition) is 1. The number of nitrogens with one attached hydrogen (secondary N) is 1. The van der Waals surface area contributed by atoms with Crippen molar-refractivity contribution in [2.45, 2.75) is 20.8 Å². The number of hydrogen-bond acceptors (Lipinski definition) is 4. The van der Waals surface area contributed by atoms with Gasteiger partial charge in [-0.15, -0.1) is 0 Å². The SMILES string of the molecule is COc1cc(C=Nc2ccc(NC(C)=O)cc2)cc(Br)c1OCC(C)C. The molecule has 0 saturated carbocycles. The number of rotatable bonds is 7. The highest BCUT2D eigenvalue weighted by Crippen LogP contribution is 2.36. The van der Waals surface area contributed by atoms with Crippen LogP contribution in [0.2, 0.25) is 0 Å². The Morgan fingerprint density at radius 2 is 1.96 bits per heavy atom. The van der Waals surface area contributed by atoms with Gasteiger partial charge in [-0.2, -0.15) is 0 Å². The van der Waals surface area contributed by atoms with E-state index in [0.717, 1.165) is 21.4 Å². The summed E-state index contributed by atoms with van der Waals surface area (Å²) in [7, 11) is 1.62. The van der Waals surface area contributed by atoms with Crippen LogP contribution in [0.1, 0.15) is 26.3 Å². The first-order valence-electron chi connectivity index (χ1n) is 8.31. The zero-order valence-electron chi connectivity index (χ0n) is 15.4. The fraction of sp³-hybridized carbons (Fsp3) is 0.300. The molecular formula is C20H23BrN2O3. The number of anilines is 1. The molecule has 0 radical (unpaired) electrons. The Bertz CT molecular complexity index is 786. The molecule has 0 aliphatic carbocycles.